The molecule has 4 nitrogen and oxygen atoms in total. The zero-order valence-electron chi connectivity index (χ0n) is 15.2. The summed E-state index contributed by atoms with van der Waals surface area (Å²) in [6.07, 6.45) is 2.08. The van der Waals surface area contributed by atoms with Gasteiger partial charge in [0.2, 0.25) is 0 Å². The van der Waals surface area contributed by atoms with E-state index in [1.165, 1.54) is 12.1 Å². The van der Waals surface area contributed by atoms with Gasteiger partial charge in [0.15, 0.2) is 6.61 Å². The van der Waals surface area contributed by atoms with Crippen molar-refractivity contribution in [1.29, 1.82) is 0 Å². The lowest BCUT2D eigenvalue weighted by Gasteiger charge is -2.13. The normalized spacial score (nSPS) is 16.5. The second-order valence-corrected chi connectivity index (χ2v) is 6.65. The summed E-state index contributed by atoms with van der Waals surface area (Å²) < 4.78 is 25.0. The Labute approximate surface area is 153 Å². The highest BCUT2D eigenvalue weighted by molar-refractivity contribution is 5.77. The van der Waals surface area contributed by atoms with E-state index < -0.39 is 5.82 Å². The number of amides is 1. The van der Waals surface area contributed by atoms with E-state index in [0.29, 0.717) is 12.3 Å². The molecule has 0 radical (unpaired) electrons. The van der Waals surface area contributed by atoms with Gasteiger partial charge in [0.05, 0.1) is 6.10 Å². The predicted molar refractivity (Wildman–Crippen MR) is 98.8 cm³/mol. The Morgan fingerprint density at radius 2 is 2.15 bits per heavy atom. The minimum Gasteiger partial charge on any atom is -0.484 e. The molecule has 1 aliphatic heterocycles. The fourth-order valence-electron chi connectivity index (χ4n) is 3.10. The van der Waals surface area contributed by atoms with Crippen LogP contribution in [0.4, 0.5) is 4.39 Å². The van der Waals surface area contributed by atoms with Crippen molar-refractivity contribution in [1.82, 2.24) is 5.32 Å². The topological polar surface area (TPSA) is 47.6 Å². The molecular formula is C21H24FNO3. The summed E-state index contributed by atoms with van der Waals surface area (Å²) in [5.74, 6) is -0.288. The van der Waals surface area contributed by atoms with Crippen molar-refractivity contribution < 1.29 is 18.7 Å². The van der Waals surface area contributed by atoms with Crippen LogP contribution in [0.5, 0.6) is 5.75 Å². The van der Waals surface area contributed by atoms with Crippen LogP contribution in [-0.4, -0.2) is 31.8 Å². The highest BCUT2D eigenvalue weighted by Gasteiger charge is 2.16. The van der Waals surface area contributed by atoms with Gasteiger partial charge < -0.3 is 14.8 Å². The molecule has 1 N–H and O–H groups in total. The Balaban J connectivity index is 1.64. The van der Waals surface area contributed by atoms with Crippen molar-refractivity contribution in [2.24, 2.45) is 0 Å². The molecule has 138 valence electrons. The van der Waals surface area contributed by atoms with Gasteiger partial charge in [0, 0.05) is 19.2 Å². The monoisotopic (exact) mass is 357 g/mol. The lowest BCUT2D eigenvalue weighted by molar-refractivity contribution is -0.123. The minimum absolute atomic E-state index is 0.0871. The van der Waals surface area contributed by atoms with Crippen LogP contribution in [0, 0.1) is 19.7 Å². The van der Waals surface area contributed by atoms with E-state index in [-0.39, 0.29) is 18.6 Å². The Morgan fingerprint density at radius 1 is 1.31 bits per heavy atom. The Kier molecular flexibility index (Phi) is 5.89. The smallest absolute Gasteiger partial charge is 0.258 e. The first kappa shape index (κ1) is 18.4. The van der Waals surface area contributed by atoms with Crippen molar-refractivity contribution in [2.45, 2.75) is 32.8 Å². The molecule has 2 aromatic carbocycles. The highest BCUT2D eigenvalue weighted by atomic mass is 19.1. The second kappa shape index (κ2) is 8.32. The Morgan fingerprint density at radius 3 is 2.92 bits per heavy atom. The number of carbonyl (C=O) groups excluding carboxylic acids is 1. The Bertz CT molecular complexity index is 785. The van der Waals surface area contributed by atoms with E-state index in [4.69, 9.17) is 9.47 Å². The maximum absolute atomic E-state index is 14.0. The van der Waals surface area contributed by atoms with Crippen LogP contribution in [0.25, 0.3) is 11.1 Å². The molecule has 1 fully saturated rings. The van der Waals surface area contributed by atoms with Crippen LogP contribution in [0.1, 0.15) is 24.0 Å². The number of rotatable bonds is 6. The molecule has 2 aromatic rings. The molecule has 1 saturated heterocycles. The number of hydrogen-bond donors (Lipinski definition) is 1. The van der Waals surface area contributed by atoms with Crippen molar-refractivity contribution in [3.05, 3.63) is 53.3 Å². The van der Waals surface area contributed by atoms with Crippen LogP contribution in [0.2, 0.25) is 0 Å². The summed E-state index contributed by atoms with van der Waals surface area (Å²) in [5, 5.41) is 2.79. The maximum atomic E-state index is 14.0. The van der Waals surface area contributed by atoms with Crippen LogP contribution in [0.15, 0.2) is 36.4 Å². The lowest BCUT2D eigenvalue weighted by Crippen LogP contribution is -2.35. The van der Waals surface area contributed by atoms with E-state index in [1.54, 1.807) is 6.07 Å². The van der Waals surface area contributed by atoms with Gasteiger partial charge in [-0.15, -0.1) is 0 Å². The third-order valence-electron chi connectivity index (χ3n) is 4.71. The molecule has 5 heteroatoms. The molecule has 0 spiro atoms. The first-order valence-electron chi connectivity index (χ1n) is 8.91. The van der Waals surface area contributed by atoms with Gasteiger partial charge in [-0.1, -0.05) is 18.2 Å². The second-order valence-electron chi connectivity index (χ2n) is 6.65. The van der Waals surface area contributed by atoms with Gasteiger partial charge in [0.1, 0.15) is 11.6 Å². The van der Waals surface area contributed by atoms with Gasteiger partial charge in [-0.05, 0) is 61.1 Å². The molecule has 1 amide bonds. The average molecular weight is 357 g/mol. The molecule has 1 aliphatic rings. The summed E-state index contributed by atoms with van der Waals surface area (Å²) in [7, 11) is 0. The Hall–Kier alpha value is -2.40. The molecule has 1 atom stereocenters. The van der Waals surface area contributed by atoms with Gasteiger partial charge in [-0.2, -0.15) is 0 Å². The van der Waals surface area contributed by atoms with E-state index in [1.807, 2.05) is 32.0 Å². The molecule has 1 heterocycles. The lowest BCUT2D eigenvalue weighted by atomic mass is 9.97. The van der Waals surface area contributed by atoms with E-state index in [0.717, 1.165) is 41.7 Å². The van der Waals surface area contributed by atoms with Gasteiger partial charge in [0.25, 0.3) is 5.91 Å². The van der Waals surface area contributed by atoms with Crippen LogP contribution in [-0.2, 0) is 9.53 Å². The molecule has 0 aliphatic carbocycles. The number of hydrogen-bond acceptors (Lipinski definition) is 3. The van der Waals surface area contributed by atoms with Crippen molar-refractivity contribution in [3.8, 4) is 16.9 Å². The minimum atomic E-state index is -0.391. The summed E-state index contributed by atoms with van der Waals surface area (Å²) >= 11 is 0. The number of carbonyl (C=O) groups is 1. The first-order valence-corrected chi connectivity index (χ1v) is 8.91. The van der Waals surface area contributed by atoms with Gasteiger partial charge in [-0.25, -0.2) is 4.39 Å². The van der Waals surface area contributed by atoms with E-state index in [9.17, 15) is 9.18 Å². The SMILES string of the molecule is Cc1cccc(-c2cc(F)cc(OCC(=O)NCC3CCCO3)c2)c1C. The van der Waals surface area contributed by atoms with Crippen molar-refractivity contribution in [2.75, 3.05) is 19.8 Å². The third-order valence-corrected chi connectivity index (χ3v) is 4.71. The zero-order valence-corrected chi connectivity index (χ0v) is 15.2. The molecule has 0 bridgehead atoms. The summed E-state index contributed by atoms with van der Waals surface area (Å²) in [6.45, 7) is 5.12. The summed E-state index contributed by atoms with van der Waals surface area (Å²) in [4.78, 5) is 11.9. The van der Waals surface area contributed by atoms with E-state index in [2.05, 4.69) is 5.32 Å². The summed E-state index contributed by atoms with van der Waals surface area (Å²) in [6, 6.07) is 10.5. The van der Waals surface area contributed by atoms with Gasteiger partial charge in [-0.3, -0.25) is 4.79 Å². The molecular weight excluding hydrogens is 333 g/mol. The predicted octanol–water partition coefficient (Wildman–Crippen LogP) is 3.78. The van der Waals surface area contributed by atoms with Crippen molar-refractivity contribution in [3.63, 3.8) is 0 Å². The van der Waals surface area contributed by atoms with Gasteiger partial charge >= 0.3 is 0 Å². The number of benzene rings is 2. The highest BCUT2D eigenvalue weighted by Crippen LogP contribution is 2.29. The molecule has 0 saturated carbocycles. The molecule has 3 rings (SSSR count). The van der Waals surface area contributed by atoms with E-state index >= 15 is 0 Å². The molecule has 26 heavy (non-hydrogen) atoms. The van der Waals surface area contributed by atoms with Crippen molar-refractivity contribution >= 4 is 5.91 Å². The number of ether oxygens (including phenoxy) is 2. The molecule has 0 aromatic heterocycles. The fourth-order valence-corrected chi connectivity index (χ4v) is 3.10. The number of aryl methyl sites for hydroxylation is 1. The number of halogens is 1. The van der Waals surface area contributed by atoms with Crippen LogP contribution in [0.3, 0.4) is 0 Å². The fraction of sp³-hybridized carbons (Fsp3) is 0.381. The van der Waals surface area contributed by atoms with Crippen LogP contribution < -0.4 is 10.1 Å². The maximum Gasteiger partial charge on any atom is 0.258 e. The quantitative estimate of drug-likeness (QED) is 0.856. The standard InChI is InChI=1S/C21H24FNO3/c1-14-5-3-7-20(15(14)2)16-9-17(22)11-19(10-16)26-13-21(24)23-12-18-6-4-8-25-18/h3,5,7,9-11,18H,4,6,8,12-13H2,1-2H3,(H,23,24). The largest absolute Gasteiger partial charge is 0.484 e. The third kappa shape index (κ3) is 4.61. The molecule has 1 unspecified atom stereocenters. The average Bonchev–Trinajstić information content (AvgIpc) is 3.13. The van der Waals surface area contributed by atoms with Crippen LogP contribution >= 0.6 is 0 Å². The summed E-state index contributed by atoms with van der Waals surface area (Å²) in [5.41, 5.74) is 3.93. The first-order chi connectivity index (χ1) is 12.5. The number of nitrogens with one attached hydrogen (secondary N) is 1. The zero-order chi connectivity index (χ0) is 18.5.